The van der Waals surface area contributed by atoms with Gasteiger partial charge in [0, 0.05) is 5.92 Å². The van der Waals surface area contributed by atoms with Crippen molar-refractivity contribution < 1.29 is 4.42 Å². The van der Waals surface area contributed by atoms with Crippen LogP contribution in [0.25, 0.3) is 0 Å². The summed E-state index contributed by atoms with van der Waals surface area (Å²) in [6, 6.07) is -0.147. The summed E-state index contributed by atoms with van der Waals surface area (Å²) in [5.41, 5.74) is 5.59. The molecular formula is C8H13N3O. The highest BCUT2D eigenvalue weighted by atomic mass is 16.4. The molecule has 1 fully saturated rings. The molecule has 4 heteroatoms. The third-order valence-corrected chi connectivity index (χ3v) is 2.30. The highest BCUT2D eigenvalue weighted by Crippen LogP contribution is 2.35. The largest absolute Gasteiger partial charge is 0.423 e. The van der Waals surface area contributed by atoms with Crippen molar-refractivity contribution in [3.8, 4) is 0 Å². The van der Waals surface area contributed by atoms with Crippen LogP contribution in [-0.2, 0) is 0 Å². The third-order valence-electron chi connectivity index (χ3n) is 2.30. The van der Waals surface area contributed by atoms with Crippen LogP contribution in [0.15, 0.2) is 4.42 Å². The zero-order chi connectivity index (χ0) is 8.55. The molecule has 12 heavy (non-hydrogen) atoms. The fourth-order valence-electron chi connectivity index (χ4n) is 1.25. The number of nitrogens with zero attached hydrogens (tertiary/aromatic N) is 2. The summed E-state index contributed by atoms with van der Waals surface area (Å²) in [4.78, 5) is 0. The Morgan fingerprint density at radius 1 is 1.50 bits per heavy atom. The van der Waals surface area contributed by atoms with E-state index in [1.165, 1.54) is 19.3 Å². The Bertz CT molecular complexity index is 265. The van der Waals surface area contributed by atoms with Crippen LogP contribution in [0.1, 0.15) is 49.9 Å². The van der Waals surface area contributed by atoms with E-state index < -0.39 is 0 Å². The van der Waals surface area contributed by atoms with Crippen LogP contribution in [-0.4, -0.2) is 10.2 Å². The first-order valence-electron chi connectivity index (χ1n) is 4.36. The van der Waals surface area contributed by atoms with Gasteiger partial charge < -0.3 is 10.2 Å². The van der Waals surface area contributed by atoms with Gasteiger partial charge >= 0.3 is 0 Å². The van der Waals surface area contributed by atoms with Crippen LogP contribution in [0.5, 0.6) is 0 Å². The molecule has 1 atom stereocenters. The molecule has 1 aliphatic rings. The van der Waals surface area contributed by atoms with Gasteiger partial charge in [-0.2, -0.15) is 0 Å². The lowest BCUT2D eigenvalue weighted by Gasteiger charge is -2.20. The number of nitrogens with two attached hydrogens (primary N) is 1. The van der Waals surface area contributed by atoms with E-state index in [1.807, 2.05) is 6.92 Å². The van der Waals surface area contributed by atoms with Gasteiger partial charge in [0.1, 0.15) is 0 Å². The second-order valence-electron chi connectivity index (χ2n) is 3.40. The Kier molecular flexibility index (Phi) is 1.84. The predicted molar refractivity (Wildman–Crippen MR) is 43.5 cm³/mol. The van der Waals surface area contributed by atoms with Crippen LogP contribution < -0.4 is 5.73 Å². The Morgan fingerprint density at radius 3 is 2.67 bits per heavy atom. The van der Waals surface area contributed by atoms with Crippen LogP contribution in [0.4, 0.5) is 0 Å². The van der Waals surface area contributed by atoms with Crippen LogP contribution in [0.2, 0.25) is 0 Å². The molecular weight excluding hydrogens is 154 g/mol. The molecule has 0 spiro atoms. The maximum Gasteiger partial charge on any atom is 0.232 e. The summed E-state index contributed by atoms with van der Waals surface area (Å²) >= 11 is 0. The average Bonchev–Trinajstić information content (AvgIpc) is 2.32. The SMILES string of the molecule is CC(N)c1nnc(C2CCC2)o1. The van der Waals surface area contributed by atoms with E-state index in [0.29, 0.717) is 11.8 Å². The Hall–Kier alpha value is -0.900. The van der Waals surface area contributed by atoms with Gasteiger partial charge in [0.25, 0.3) is 0 Å². The van der Waals surface area contributed by atoms with E-state index in [2.05, 4.69) is 10.2 Å². The van der Waals surface area contributed by atoms with E-state index in [-0.39, 0.29) is 6.04 Å². The van der Waals surface area contributed by atoms with E-state index in [4.69, 9.17) is 10.2 Å². The molecule has 1 heterocycles. The number of hydrogen-bond donors (Lipinski definition) is 1. The van der Waals surface area contributed by atoms with Gasteiger partial charge in [-0.15, -0.1) is 10.2 Å². The summed E-state index contributed by atoms with van der Waals surface area (Å²) in [5, 5.41) is 7.84. The maximum atomic E-state index is 5.59. The molecule has 0 aliphatic heterocycles. The Labute approximate surface area is 71.2 Å². The van der Waals surface area contributed by atoms with Gasteiger partial charge in [0.15, 0.2) is 0 Å². The van der Waals surface area contributed by atoms with Crippen molar-refractivity contribution in [2.75, 3.05) is 0 Å². The van der Waals surface area contributed by atoms with E-state index in [9.17, 15) is 0 Å². The zero-order valence-corrected chi connectivity index (χ0v) is 7.16. The van der Waals surface area contributed by atoms with Gasteiger partial charge in [0.05, 0.1) is 6.04 Å². The van der Waals surface area contributed by atoms with E-state index in [0.717, 1.165) is 5.89 Å². The van der Waals surface area contributed by atoms with E-state index in [1.54, 1.807) is 0 Å². The predicted octanol–water partition coefficient (Wildman–Crippen LogP) is 1.36. The first-order chi connectivity index (χ1) is 5.77. The molecule has 0 radical (unpaired) electrons. The van der Waals surface area contributed by atoms with Crippen molar-refractivity contribution in [3.63, 3.8) is 0 Å². The minimum atomic E-state index is -0.147. The molecule has 0 bridgehead atoms. The van der Waals surface area contributed by atoms with Crippen molar-refractivity contribution in [2.45, 2.75) is 38.1 Å². The topological polar surface area (TPSA) is 64.9 Å². The zero-order valence-electron chi connectivity index (χ0n) is 7.16. The van der Waals surface area contributed by atoms with Gasteiger partial charge in [-0.05, 0) is 19.8 Å². The van der Waals surface area contributed by atoms with Crippen LogP contribution >= 0.6 is 0 Å². The summed E-state index contributed by atoms with van der Waals surface area (Å²) < 4.78 is 5.40. The standard InChI is InChI=1S/C8H13N3O/c1-5(9)7-10-11-8(12-7)6-3-2-4-6/h5-6H,2-4,9H2,1H3. The average molecular weight is 167 g/mol. The van der Waals surface area contributed by atoms with Crippen LogP contribution in [0, 0.1) is 0 Å². The minimum Gasteiger partial charge on any atom is -0.423 e. The van der Waals surface area contributed by atoms with Crippen molar-refractivity contribution >= 4 is 0 Å². The number of aromatic nitrogens is 2. The molecule has 0 saturated heterocycles. The fourth-order valence-corrected chi connectivity index (χ4v) is 1.25. The van der Waals surface area contributed by atoms with Gasteiger partial charge in [-0.1, -0.05) is 6.42 Å². The molecule has 1 unspecified atom stereocenters. The second-order valence-corrected chi connectivity index (χ2v) is 3.40. The molecule has 2 rings (SSSR count). The first kappa shape index (κ1) is 7.73. The second kappa shape index (κ2) is 2.86. The lowest BCUT2D eigenvalue weighted by molar-refractivity contribution is 0.319. The minimum absolute atomic E-state index is 0.147. The molecule has 4 nitrogen and oxygen atoms in total. The monoisotopic (exact) mass is 167 g/mol. The Balaban J connectivity index is 2.12. The summed E-state index contributed by atoms with van der Waals surface area (Å²) in [5.74, 6) is 1.83. The number of rotatable bonds is 2. The third kappa shape index (κ3) is 1.22. The fraction of sp³-hybridized carbons (Fsp3) is 0.750. The normalized spacial score (nSPS) is 20.5. The van der Waals surface area contributed by atoms with Crippen molar-refractivity contribution in [2.24, 2.45) is 5.73 Å². The molecule has 0 aromatic carbocycles. The molecule has 1 aliphatic carbocycles. The van der Waals surface area contributed by atoms with Crippen LogP contribution in [0.3, 0.4) is 0 Å². The van der Waals surface area contributed by atoms with Crippen molar-refractivity contribution in [1.82, 2.24) is 10.2 Å². The van der Waals surface area contributed by atoms with Crippen molar-refractivity contribution in [3.05, 3.63) is 11.8 Å². The molecule has 0 amide bonds. The molecule has 1 aromatic heterocycles. The smallest absolute Gasteiger partial charge is 0.232 e. The lowest BCUT2D eigenvalue weighted by Crippen LogP contribution is -2.08. The molecule has 1 aromatic rings. The number of hydrogen-bond acceptors (Lipinski definition) is 4. The van der Waals surface area contributed by atoms with E-state index >= 15 is 0 Å². The van der Waals surface area contributed by atoms with Gasteiger partial charge in [0.2, 0.25) is 11.8 Å². The molecule has 66 valence electrons. The Morgan fingerprint density at radius 2 is 2.25 bits per heavy atom. The maximum absolute atomic E-state index is 5.59. The molecule has 1 saturated carbocycles. The lowest BCUT2D eigenvalue weighted by atomic mass is 9.85. The summed E-state index contributed by atoms with van der Waals surface area (Å²) in [6.07, 6.45) is 3.64. The highest BCUT2D eigenvalue weighted by molar-refractivity contribution is 4.97. The summed E-state index contributed by atoms with van der Waals surface area (Å²) in [6.45, 7) is 1.85. The summed E-state index contributed by atoms with van der Waals surface area (Å²) in [7, 11) is 0. The first-order valence-corrected chi connectivity index (χ1v) is 4.36. The quantitative estimate of drug-likeness (QED) is 0.722. The highest BCUT2D eigenvalue weighted by Gasteiger charge is 2.25. The van der Waals surface area contributed by atoms with Gasteiger partial charge in [-0.3, -0.25) is 0 Å². The van der Waals surface area contributed by atoms with Gasteiger partial charge in [-0.25, -0.2) is 0 Å². The molecule has 2 N–H and O–H groups in total. The van der Waals surface area contributed by atoms with Crippen molar-refractivity contribution in [1.29, 1.82) is 0 Å².